The van der Waals surface area contributed by atoms with Crippen molar-refractivity contribution < 1.29 is 9.84 Å². The van der Waals surface area contributed by atoms with Crippen molar-refractivity contribution in [2.24, 2.45) is 5.92 Å². The molecule has 3 heteroatoms. The lowest BCUT2D eigenvalue weighted by molar-refractivity contribution is 0.0413. The van der Waals surface area contributed by atoms with E-state index in [0.29, 0.717) is 25.8 Å². The Kier molecular flexibility index (Phi) is 9.06. The highest BCUT2D eigenvalue weighted by Gasteiger charge is 2.09. The number of aliphatic hydroxyl groups is 1. The topological polar surface area (TPSA) is 41.5 Å². The average Bonchev–Trinajstić information content (AvgIpc) is 2.23. The molecule has 15 heavy (non-hydrogen) atoms. The summed E-state index contributed by atoms with van der Waals surface area (Å²) in [6, 6.07) is 0.469. The Balaban J connectivity index is 3.47. The van der Waals surface area contributed by atoms with Gasteiger partial charge in [-0.3, -0.25) is 0 Å². The van der Waals surface area contributed by atoms with E-state index in [1.165, 1.54) is 6.42 Å². The molecule has 92 valence electrons. The minimum atomic E-state index is -0.385. The summed E-state index contributed by atoms with van der Waals surface area (Å²) in [7, 11) is 0. The highest BCUT2D eigenvalue weighted by Crippen LogP contribution is 2.09. The highest BCUT2D eigenvalue weighted by molar-refractivity contribution is 4.67. The van der Waals surface area contributed by atoms with Gasteiger partial charge in [0.15, 0.2) is 0 Å². The molecule has 0 amide bonds. The molecule has 0 aromatic rings. The van der Waals surface area contributed by atoms with Gasteiger partial charge in [-0.25, -0.2) is 0 Å². The van der Waals surface area contributed by atoms with E-state index in [2.05, 4.69) is 26.1 Å². The van der Waals surface area contributed by atoms with Crippen molar-refractivity contribution in [3.8, 4) is 0 Å². The SMILES string of the molecule is CCOCC(O)CNC(C)CC(C)CC. The summed E-state index contributed by atoms with van der Waals surface area (Å²) < 4.78 is 5.14. The molecule has 3 nitrogen and oxygen atoms in total. The minimum absolute atomic E-state index is 0.385. The van der Waals surface area contributed by atoms with Crippen LogP contribution >= 0.6 is 0 Å². The maximum Gasteiger partial charge on any atom is 0.0897 e. The Morgan fingerprint density at radius 1 is 1.27 bits per heavy atom. The summed E-state index contributed by atoms with van der Waals surface area (Å²) in [4.78, 5) is 0. The molecule has 2 N–H and O–H groups in total. The van der Waals surface area contributed by atoms with E-state index in [1.54, 1.807) is 0 Å². The molecule has 0 aromatic heterocycles. The van der Waals surface area contributed by atoms with E-state index in [4.69, 9.17) is 4.74 Å². The lowest BCUT2D eigenvalue weighted by Crippen LogP contribution is -2.36. The molecule has 0 aliphatic heterocycles. The van der Waals surface area contributed by atoms with Crippen LogP contribution in [0.25, 0.3) is 0 Å². The fourth-order valence-electron chi connectivity index (χ4n) is 1.50. The summed E-state index contributed by atoms with van der Waals surface area (Å²) in [6.07, 6.45) is 2.00. The number of aliphatic hydroxyl groups excluding tert-OH is 1. The van der Waals surface area contributed by atoms with Crippen LogP contribution in [0.3, 0.4) is 0 Å². The fourth-order valence-corrected chi connectivity index (χ4v) is 1.50. The van der Waals surface area contributed by atoms with Gasteiger partial charge in [-0.2, -0.15) is 0 Å². The quantitative estimate of drug-likeness (QED) is 0.619. The van der Waals surface area contributed by atoms with Crippen LogP contribution < -0.4 is 5.32 Å². The van der Waals surface area contributed by atoms with Crippen LogP contribution in [0.15, 0.2) is 0 Å². The lowest BCUT2D eigenvalue weighted by Gasteiger charge is -2.19. The van der Waals surface area contributed by atoms with Crippen molar-refractivity contribution in [1.82, 2.24) is 5.32 Å². The first-order valence-electron chi connectivity index (χ1n) is 6.09. The molecule has 0 aliphatic rings. The molecule has 0 saturated carbocycles. The second-order valence-corrected chi connectivity index (χ2v) is 4.37. The average molecular weight is 217 g/mol. The fraction of sp³-hybridized carbons (Fsp3) is 1.00. The maximum atomic E-state index is 9.53. The Morgan fingerprint density at radius 3 is 2.47 bits per heavy atom. The van der Waals surface area contributed by atoms with Crippen molar-refractivity contribution in [3.63, 3.8) is 0 Å². The molecule has 0 aliphatic carbocycles. The maximum absolute atomic E-state index is 9.53. The van der Waals surface area contributed by atoms with Crippen LogP contribution in [0.4, 0.5) is 0 Å². The number of nitrogens with one attached hydrogen (secondary N) is 1. The molecular weight excluding hydrogens is 190 g/mol. The normalized spacial score (nSPS) is 17.4. The van der Waals surface area contributed by atoms with Crippen LogP contribution in [-0.4, -0.2) is 37.0 Å². The van der Waals surface area contributed by atoms with Gasteiger partial charge in [-0.1, -0.05) is 20.3 Å². The summed E-state index contributed by atoms with van der Waals surface area (Å²) in [5.41, 5.74) is 0. The Hall–Kier alpha value is -0.120. The smallest absolute Gasteiger partial charge is 0.0897 e. The third kappa shape index (κ3) is 8.85. The van der Waals surface area contributed by atoms with Gasteiger partial charge >= 0.3 is 0 Å². The van der Waals surface area contributed by atoms with E-state index in [-0.39, 0.29) is 6.10 Å². The van der Waals surface area contributed by atoms with Crippen molar-refractivity contribution in [2.75, 3.05) is 19.8 Å². The van der Waals surface area contributed by atoms with Gasteiger partial charge in [-0.05, 0) is 26.2 Å². The van der Waals surface area contributed by atoms with Crippen molar-refractivity contribution in [3.05, 3.63) is 0 Å². The molecule has 0 heterocycles. The molecule has 3 unspecified atom stereocenters. The van der Waals surface area contributed by atoms with E-state index in [9.17, 15) is 5.11 Å². The zero-order valence-corrected chi connectivity index (χ0v) is 10.6. The van der Waals surface area contributed by atoms with E-state index in [0.717, 1.165) is 12.3 Å². The number of rotatable bonds is 9. The van der Waals surface area contributed by atoms with Crippen molar-refractivity contribution >= 4 is 0 Å². The first kappa shape index (κ1) is 14.9. The third-order valence-electron chi connectivity index (χ3n) is 2.67. The van der Waals surface area contributed by atoms with E-state index < -0.39 is 0 Å². The van der Waals surface area contributed by atoms with E-state index in [1.807, 2.05) is 6.92 Å². The Morgan fingerprint density at radius 2 is 1.93 bits per heavy atom. The third-order valence-corrected chi connectivity index (χ3v) is 2.67. The van der Waals surface area contributed by atoms with Crippen LogP contribution in [-0.2, 0) is 4.74 Å². The molecule has 0 aromatic carbocycles. The lowest BCUT2D eigenvalue weighted by atomic mass is 10.0. The largest absolute Gasteiger partial charge is 0.389 e. The van der Waals surface area contributed by atoms with Gasteiger partial charge in [0.25, 0.3) is 0 Å². The van der Waals surface area contributed by atoms with Gasteiger partial charge in [-0.15, -0.1) is 0 Å². The number of ether oxygens (including phenoxy) is 1. The van der Waals surface area contributed by atoms with Gasteiger partial charge in [0, 0.05) is 19.2 Å². The predicted octanol–water partition coefficient (Wildman–Crippen LogP) is 1.80. The molecule has 0 fully saturated rings. The standard InChI is InChI=1S/C12H27NO2/c1-5-10(3)7-11(4)13-8-12(14)9-15-6-2/h10-14H,5-9H2,1-4H3. The molecule has 0 rings (SSSR count). The van der Waals surface area contributed by atoms with Gasteiger partial charge in [0.05, 0.1) is 12.7 Å². The van der Waals surface area contributed by atoms with Crippen LogP contribution in [0.5, 0.6) is 0 Å². The van der Waals surface area contributed by atoms with Crippen molar-refractivity contribution in [1.29, 1.82) is 0 Å². The monoisotopic (exact) mass is 217 g/mol. The summed E-state index contributed by atoms with van der Waals surface area (Å²) in [5, 5.41) is 12.9. The van der Waals surface area contributed by atoms with Crippen LogP contribution in [0, 0.1) is 5.92 Å². The molecular formula is C12H27NO2. The second kappa shape index (κ2) is 9.13. The number of hydrogen-bond acceptors (Lipinski definition) is 3. The van der Waals surface area contributed by atoms with Crippen molar-refractivity contribution in [2.45, 2.75) is 52.7 Å². The zero-order valence-electron chi connectivity index (χ0n) is 10.6. The molecule has 3 atom stereocenters. The predicted molar refractivity (Wildman–Crippen MR) is 64.0 cm³/mol. The summed E-state index contributed by atoms with van der Waals surface area (Å²) in [6.45, 7) is 10.3. The van der Waals surface area contributed by atoms with Gasteiger partial charge < -0.3 is 15.2 Å². The zero-order chi connectivity index (χ0) is 11.7. The highest BCUT2D eigenvalue weighted by atomic mass is 16.5. The summed E-state index contributed by atoms with van der Waals surface area (Å²) >= 11 is 0. The first-order valence-corrected chi connectivity index (χ1v) is 6.09. The number of hydrogen-bond donors (Lipinski definition) is 2. The van der Waals surface area contributed by atoms with Gasteiger partial charge in [0.2, 0.25) is 0 Å². The van der Waals surface area contributed by atoms with Gasteiger partial charge in [0.1, 0.15) is 0 Å². The Labute approximate surface area is 94.2 Å². The van der Waals surface area contributed by atoms with E-state index >= 15 is 0 Å². The first-order chi connectivity index (χ1) is 7.10. The second-order valence-electron chi connectivity index (χ2n) is 4.37. The van der Waals surface area contributed by atoms with Crippen LogP contribution in [0.1, 0.15) is 40.5 Å². The molecule has 0 spiro atoms. The summed E-state index contributed by atoms with van der Waals surface area (Å²) in [5.74, 6) is 0.747. The van der Waals surface area contributed by atoms with Crippen LogP contribution in [0.2, 0.25) is 0 Å². The Bertz CT molecular complexity index is 142. The molecule has 0 bridgehead atoms. The molecule has 0 radical (unpaired) electrons. The minimum Gasteiger partial charge on any atom is -0.389 e. The molecule has 0 saturated heterocycles.